The Kier molecular flexibility index (Phi) is 4.56. The van der Waals surface area contributed by atoms with Crippen LogP contribution in [0.5, 0.6) is 0 Å². The van der Waals surface area contributed by atoms with Gasteiger partial charge in [-0.3, -0.25) is 15.0 Å². The van der Waals surface area contributed by atoms with E-state index >= 15 is 0 Å². The summed E-state index contributed by atoms with van der Waals surface area (Å²) in [5, 5.41) is 1.36. The Morgan fingerprint density at radius 1 is 1.50 bits per heavy atom. The van der Waals surface area contributed by atoms with Crippen molar-refractivity contribution >= 4 is 23.5 Å². The van der Waals surface area contributed by atoms with E-state index in [1.54, 1.807) is 6.92 Å². The van der Waals surface area contributed by atoms with E-state index in [9.17, 15) is 9.59 Å². The third-order valence-corrected chi connectivity index (χ3v) is 2.61. The third kappa shape index (κ3) is 2.86. The highest BCUT2D eigenvalue weighted by Crippen LogP contribution is 2.19. The second-order valence-corrected chi connectivity index (χ2v) is 4.56. The summed E-state index contributed by atoms with van der Waals surface area (Å²) in [6.07, 6.45) is -0.671. The van der Waals surface area contributed by atoms with Crippen LogP contribution in [-0.4, -0.2) is 41.6 Å². The minimum Gasteiger partial charge on any atom is -0.356 e. The van der Waals surface area contributed by atoms with E-state index in [4.69, 9.17) is 16.3 Å². The lowest BCUT2D eigenvalue weighted by molar-refractivity contribution is -0.130. The molecule has 1 aliphatic rings. The number of hydrogen-bond donors (Lipinski definition) is 1. The molecule has 0 aliphatic carbocycles. The van der Waals surface area contributed by atoms with Gasteiger partial charge in [-0.2, -0.15) is 0 Å². The van der Waals surface area contributed by atoms with Crippen LogP contribution in [0.15, 0.2) is 0 Å². The first-order valence-electron chi connectivity index (χ1n) is 5.34. The quantitative estimate of drug-likeness (QED) is 0.760. The Hall–Kier alpha value is -0.810. The fourth-order valence-electron chi connectivity index (χ4n) is 1.57. The molecule has 16 heavy (non-hydrogen) atoms. The molecule has 0 radical (unpaired) electrons. The van der Waals surface area contributed by atoms with Crippen LogP contribution in [0.25, 0.3) is 0 Å². The molecule has 1 saturated heterocycles. The molecule has 92 valence electrons. The highest BCUT2D eigenvalue weighted by Gasteiger charge is 2.40. The van der Waals surface area contributed by atoms with E-state index in [1.165, 1.54) is 4.90 Å². The molecule has 0 aromatic heterocycles. The number of alkyl halides is 1. The van der Waals surface area contributed by atoms with Gasteiger partial charge in [-0.1, -0.05) is 13.8 Å². The number of urea groups is 1. The van der Waals surface area contributed by atoms with E-state index in [2.05, 4.69) is 5.32 Å². The van der Waals surface area contributed by atoms with Crippen LogP contribution in [0.1, 0.15) is 20.8 Å². The van der Waals surface area contributed by atoms with E-state index in [0.29, 0.717) is 13.2 Å². The van der Waals surface area contributed by atoms with E-state index in [1.807, 2.05) is 13.8 Å². The molecule has 5 nitrogen and oxygen atoms in total. The van der Waals surface area contributed by atoms with Crippen LogP contribution in [0.2, 0.25) is 0 Å². The topological polar surface area (TPSA) is 58.6 Å². The number of hydrogen-bond acceptors (Lipinski definition) is 3. The predicted octanol–water partition coefficient (Wildman–Crippen LogP) is 1.16. The van der Waals surface area contributed by atoms with Crippen molar-refractivity contribution in [2.75, 3.05) is 13.2 Å². The molecule has 1 aliphatic heterocycles. The van der Waals surface area contributed by atoms with Crippen molar-refractivity contribution in [3.63, 3.8) is 0 Å². The summed E-state index contributed by atoms with van der Waals surface area (Å²) in [7, 11) is 0. The smallest absolute Gasteiger partial charge is 0.326 e. The molecule has 0 aromatic rings. The lowest BCUT2D eigenvalue weighted by Crippen LogP contribution is -2.62. The molecule has 0 spiro atoms. The van der Waals surface area contributed by atoms with Crippen molar-refractivity contribution in [2.24, 2.45) is 5.92 Å². The van der Waals surface area contributed by atoms with Crippen LogP contribution < -0.4 is 5.32 Å². The number of carbonyl (C=O) groups is 2. The molecular weight excluding hydrogens is 232 g/mol. The van der Waals surface area contributed by atoms with Crippen LogP contribution in [0.4, 0.5) is 4.79 Å². The Morgan fingerprint density at radius 3 is 2.62 bits per heavy atom. The van der Waals surface area contributed by atoms with Crippen LogP contribution >= 0.6 is 11.6 Å². The van der Waals surface area contributed by atoms with Gasteiger partial charge in [0.15, 0.2) is 11.6 Å². The molecule has 2 atom stereocenters. The van der Waals surface area contributed by atoms with Gasteiger partial charge in [0.05, 0.1) is 0 Å². The van der Waals surface area contributed by atoms with Crippen molar-refractivity contribution in [1.82, 2.24) is 10.2 Å². The van der Waals surface area contributed by atoms with Gasteiger partial charge in [-0.25, -0.2) is 4.79 Å². The molecule has 0 aromatic carbocycles. The van der Waals surface area contributed by atoms with Gasteiger partial charge in [-0.05, 0) is 12.8 Å². The van der Waals surface area contributed by atoms with Gasteiger partial charge in [-0.15, -0.1) is 11.6 Å². The zero-order valence-electron chi connectivity index (χ0n) is 9.70. The molecule has 1 fully saturated rings. The molecule has 1 heterocycles. The minimum absolute atomic E-state index is 0.283. The molecule has 6 heteroatoms. The summed E-state index contributed by atoms with van der Waals surface area (Å²) in [6.45, 7) is 6.68. The van der Waals surface area contributed by atoms with Gasteiger partial charge < -0.3 is 4.74 Å². The van der Waals surface area contributed by atoms with Gasteiger partial charge >= 0.3 is 6.03 Å². The molecule has 0 bridgehead atoms. The second kappa shape index (κ2) is 5.50. The third-order valence-electron chi connectivity index (χ3n) is 2.20. The largest absolute Gasteiger partial charge is 0.356 e. The van der Waals surface area contributed by atoms with Gasteiger partial charge in [0.2, 0.25) is 0 Å². The maximum atomic E-state index is 11.6. The lowest BCUT2D eigenvalue weighted by Gasteiger charge is -2.38. The lowest BCUT2D eigenvalue weighted by atomic mass is 10.1. The molecule has 1 N–H and O–H groups in total. The van der Waals surface area contributed by atoms with Gasteiger partial charge in [0.1, 0.15) is 0 Å². The fourth-order valence-corrected chi connectivity index (χ4v) is 1.84. The van der Waals surface area contributed by atoms with Crippen molar-refractivity contribution in [1.29, 1.82) is 0 Å². The zero-order chi connectivity index (χ0) is 12.3. The monoisotopic (exact) mass is 248 g/mol. The summed E-state index contributed by atoms with van der Waals surface area (Å²) < 4.78 is 5.36. The average Bonchev–Trinajstić information content (AvgIpc) is 2.19. The number of halogens is 1. The number of nitrogens with zero attached hydrogens (tertiary/aromatic N) is 1. The second-order valence-electron chi connectivity index (χ2n) is 4.09. The molecule has 1 rings (SSSR count). The summed E-state index contributed by atoms with van der Waals surface area (Å²) in [6, 6.07) is -0.436. The van der Waals surface area contributed by atoms with Crippen molar-refractivity contribution in [2.45, 2.75) is 32.4 Å². The predicted molar refractivity (Wildman–Crippen MR) is 60.1 cm³/mol. The molecule has 3 amide bonds. The Labute approximate surface area is 100 Å². The first-order chi connectivity index (χ1) is 7.47. The van der Waals surface area contributed by atoms with Crippen molar-refractivity contribution in [3.05, 3.63) is 0 Å². The van der Waals surface area contributed by atoms with E-state index in [-0.39, 0.29) is 5.92 Å². The Morgan fingerprint density at radius 2 is 2.12 bits per heavy atom. The van der Waals surface area contributed by atoms with Crippen LogP contribution in [-0.2, 0) is 9.53 Å². The Balaban J connectivity index is 2.82. The van der Waals surface area contributed by atoms with Crippen LogP contribution in [0.3, 0.4) is 0 Å². The highest BCUT2D eigenvalue weighted by molar-refractivity contribution is 6.33. The SMILES string of the molecule is CCO[C@H]1[C@H](Cl)C(=O)NC(=O)N1CC(C)C. The normalized spacial score (nSPS) is 26.2. The molecular formula is C10H17ClN2O3. The number of imide groups is 1. The standard InChI is InChI=1S/C10H17ClN2O3/c1-4-16-9-7(11)8(14)12-10(15)13(9)5-6(2)3/h6-7,9H,4-5H2,1-3H3,(H,12,14,15)/t7-,9+/m1/s1. The van der Waals surface area contributed by atoms with Crippen LogP contribution in [0, 0.1) is 5.92 Å². The van der Waals surface area contributed by atoms with Gasteiger partial charge in [0, 0.05) is 13.2 Å². The highest BCUT2D eigenvalue weighted by atomic mass is 35.5. The first kappa shape index (κ1) is 13.3. The number of nitrogens with one attached hydrogen (secondary N) is 1. The number of ether oxygens (including phenoxy) is 1. The van der Waals surface area contributed by atoms with Gasteiger partial charge in [0.25, 0.3) is 5.91 Å². The van der Waals surface area contributed by atoms with E-state index < -0.39 is 23.5 Å². The number of amides is 3. The molecule has 0 saturated carbocycles. The summed E-state index contributed by atoms with van der Waals surface area (Å²) in [5.74, 6) is -0.212. The zero-order valence-corrected chi connectivity index (χ0v) is 10.5. The summed E-state index contributed by atoms with van der Waals surface area (Å²) >= 11 is 5.92. The maximum Gasteiger partial charge on any atom is 0.326 e. The molecule has 0 unspecified atom stereocenters. The maximum absolute atomic E-state index is 11.6. The van der Waals surface area contributed by atoms with E-state index in [0.717, 1.165) is 0 Å². The number of rotatable bonds is 4. The number of carbonyl (C=O) groups excluding carboxylic acids is 2. The van der Waals surface area contributed by atoms with Crippen molar-refractivity contribution < 1.29 is 14.3 Å². The fraction of sp³-hybridized carbons (Fsp3) is 0.800. The first-order valence-corrected chi connectivity index (χ1v) is 5.78. The Bertz CT molecular complexity index is 283. The van der Waals surface area contributed by atoms with Crippen molar-refractivity contribution in [3.8, 4) is 0 Å². The summed E-state index contributed by atoms with van der Waals surface area (Å²) in [5.41, 5.74) is 0. The average molecular weight is 249 g/mol. The minimum atomic E-state index is -0.851. The summed E-state index contributed by atoms with van der Waals surface area (Å²) in [4.78, 5) is 24.4.